The van der Waals surface area contributed by atoms with Crippen LogP contribution in [0.25, 0.3) is 0 Å². The fourth-order valence-corrected chi connectivity index (χ4v) is 4.62. The van der Waals surface area contributed by atoms with Crippen LogP contribution in [-0.2, 0) is 14.4 Å². The number of carbonyl (C=O) groups is 3. The van der Waals surface area contributed by atoms with Gasteiger partial charge in [0.2, 0.25) is 5.91 Å². The molecule has 0 bridgehead atoms. The highest BCUT2D eigenvalue weighted by atomic mass is 16.5. The molecule has 0 aromatic heterocycles. The van der Waals surface area contributed by atoms with Crippen molar-refractivity contribution in [3.63, 3.8) is 0 Å². The highest BCUT2D eigenvalue weighted by Gasteiger charge is 2.54. The Labute approximate surface area is 199 Å². The summed E-state index contributed by atoms with van der Waals surface area (Å²) in [5, 5.41) is 2.74. The van der Waals surface area contributed by atoms with Crippen molar-refractivity contribution >= 4 is 23.4 Å². The van der Waals surface area contributed by atoms with Gasteiger partial charge in [-0.3, -0.25) is 14.4 Å². The van der Waals surface area contributed by atoms with Crippen molar-refractivity contribution in [1.29, 1.82) is 0 Å². The van der Waals surface area contributed by atoms with Gasteiger partial charge in [-0.05, 0) is 37.1 Å². The maximum atomic E-state index is 13.6. The van der Waals surface area contributed by atoms with Gasteiger partial charge in [-0.2, -0.15) is 0 Å². The Morgan fingerprint density at radius 1 is 1.03 bits per heavy atom. The number of hydrogen-bond donors (Lipinski definition) is 1. The van der Waals surface area contributed by atoms with Crippen LogP contribution in [0, 0.1) is 0 Å². The summed E-state index contributed by atoms with van der Waals surface area (Å²) in [4.78, 5) is 44.1. The van der Waals surface area contributed by atoms with Crippen molar-refractivity contribution < 1.29 is 19.1 Å². The van der Waals surface area contributed by atoms with Crippen molar-refractivity contribution in [2.75, 3.05) is 44.4 Å². The SMILES string of the molecule is C=CCNC(=O)CN1CN(c2ccccc2)C2(CCN(C(=O)COc3ccccc3)CC2)C1=O. The lowest BCUT2D eigenvalue weighted by atomic mass is 9.85. The second-order valence-corrected chi connectivity index (χ2v) is 8.51. The van der Waals surface area contributed by atoms with E-state index in [0.717, 1.165) is 5.69 Å². The Kier molecular flexibility index (Phi) is 7.15. The van der Waals surface area contributed by atoms with E-state index in [1.54, 1.807) is 15.9 Å². The number of benzene rings is 2. The molecule has 2 aliphatic rings. The Morgan fingerprint density at radius 3 is 2.32 bits per heavy atom. The molecule has 2 saturated heterocycles. The van der Waals surface area contributed by atoms with Crippen LogP contribution in [0.2, 0.25) is 0 Å². The number of anilines is 1. The normalized spacial score (nSPS) is 17.1. The molecule has 2 aromatic rings. The number of amides is 3. The smallest absolute Gasteiger partial charge is 0.260 e. The molecule has 8 heteroatoms. The first-order valence-electron chi connectivity index (χ1n) is 11.5. The number of hydrogen-bond acceptors (Lipinski definition) is 5. The summed E-state index contributed by atoms with van der Waals surface area (Å²) in [5.74, 6) is 0.258. The predicted octanol–water partition coefficient (Wildman–Crippen LogP) is 2.04. The van der Waals surface area contributed by atoms with Gasteiger partial charge in [0.05, 0.1) is 6.67 Å². The van der Waals surface area contributed by atoms with Crippen molar-refractivity contribution in [2.45, 2.75) is 18.4 Å². The van der Waals surface area contributed by atoms with Gasteiger partial charge in [-0.15, -0.1) is 6.58 Å². The van der Waals surface area contributed by atoms with Crippen LogP contribution in [0.5, 0.6) is 5.75 Å². The second kappa shape index (κ2) is 10.4. The number of nitrogens with zero attached hydrogens (tertiary/aromatic N) is 3. The molecule has 0 atom stereocenters. The molecule has 2 heterocycles. The average molecular weight is 463 g/mol. The third-order valence-corrected chi connectivity index (χ3v) is 6.41. The van der Waals surface area contributed by atoms with Crippen LogP contribution < -0.4 is 15.0 Å². The Balaban J connectivity index is 1.45. The van der Waals surface area contributed by atoms with Gasteiger partial charge in [-0.25, -0.2) is 0 Å². The number of rotatable bonds is 8. The summed E-state index contributed by atoms with van der Waals surface area (Å²) in [7, 11) is 0. The zero-order valence-electron chi connectivity index (χ0n) is 19.2. The second-order valence-electron chi connectivity index (χ2n) is 8.51. The van der Waals surface area contributed by atoms with E-state index in [4.69, 9.17) is 4.74 Å². The molecule has 8 nitrogen and oxygen atoms in total. The van der Waals surface area contributed by atoms with E-state index in [2.05, 4.69) is 16.8 Å². The number of carbonyl (C=O) groups excluding carboxylic acids is 3. The summed E-state index contributed by atoms with van der Waals surface area (Å²) in [5.41, 5.74) is 0.147. The first kappa shape index (κ1) is 23.4. The van der Waals surface area contributed by atoms with Crippen molar-refractivity contribution in [2.24, 2.45) is 0 Å². The van der Waals surface area contributed by atoms with E-state index in [1.807, 2.05) is 60.7 Å². The highest BCUT2D eigenvalue weighted by Crippen LogP contribution is 2.39. The van der Waals surface area contributed by atoms with Crippen LogP contribution in [0.15, 0.2) is 73.3 Å². The number of para-hydroxylation sites is 2. The lowest BCUT2D eigenvalue weighted by Gasteiger charge is -2.43. The van der Waals surface area contributed by atoms with Crippen LogP contribution in [0.4, 0.5) is 5.69 Å². The first-order valence-corrected chi connectivity index (χ1v) is 11.5. The van der Waals surface area contributed by atoms with E-state index in [-0.39, 0.29) is 30.9 Å². The first-order chi connectivity index (χ1) is 16.5. The monoisotopic (exact) mass is 462 g/mol. The van der Waals surface area contributed by atoms with Gasteiger partial charge in [0.25, 0.3) is 11.8 Å². The van der Waals surface area contributed by atoms with Crippen LogP contribution in [-0.4, -0.2) is 72.5 Å². The predicted molar refractivity (Wildman–Crippen MR) is 129 cm³/mol. The summed E-state index contributed by atoms with van der Waals surface area (Å²) in [6.07, 6.45) is 2.58. The van der Waals surface area contributed by atoms with E-state index in [9.17, 15) is 14.4 Å². The highest BCUT2D eigenvalue weighted by molar-refractivity contribution is 5.96. The molecule has 2 fully saturated rings. The number of likely N-dealkylation sites (tertiary alicyclic amines) is 1. The van der Waals surface area contributed by atoms with E-state index < -0.39 is 5.54 Å². The van der Waals surface area contributed by atoms with Crippen LogP contribution in [0.3, 0.4) is 0 Å². The van der Waals surface area contributed by atoms with Gasteiger partial charge >= 0.3 is 0 Å². The molecule has 0 unspecified atom stereocenters. The fourth-order valence-electron chi connectivity index (χ4n) is 4.62. The molecular formula is C26H30N4O4. The molecule has 3 amide bonds. The van der Waals surface area contributed by atoms with E-state index >= 15 is 0 Å². The van der Waals surface area contributed by atoms with Crippen LogP contribution >= 0.6 is 0 Å². The summed E-state index contributed by atoms with van der Waals surface area (Å²) in [6, 6.07) is 19.0. The number of piperidine rings is 1. The van der Waals surface area contributed by atoms with Gasteiger partial charge in [0.15, 0.2) is 6.61 Å². The van der Waals surface area contributed by atoms with Crippen molar-refractivity contribution in [3.8, 4) is 5.75 Å². The Morgan fingerprint density at radius 2 is 1.68 bits per heavy atom. The lowest BCUT2D eigenvalue weighted by molar-refractivity contribution is -0.140. The molecule has 178 valence electrons. The minimum atomic E-state index is -0.781. The maximum Gasteiger partial charge on any atom is 0.260 e. The largest absolute Gasteiger partial charge is 0.484 e. The molecule has 4 rings (SSSR count). The minimum Gasteiger partial charge on any atom is -0.484 e. The molecule has 1 spiro atoms. The number of ether oxygens (including phenoxy) is 1. The Bertz CT molecular complexity index is 1020. The average Bonchev–Trinajstić information content (AvgIpc) is 3.13. The molecule has 34 heavy (non-hydrogen) atoms. The molecule has 1 N–H and O–H groups in total. The maximum absolute atomic E-state index is 13.6. The summed E-state index contributed by atoms with van der Waals surface area (Å²) in [6.45, 7) is 5.14. The zero-order valence-corrected chi connectivity index (χ0v) is 19.2. The van der Waals surface area contributed by atoms with Gasteiger partial charge in [0, 0.05) is 25.3 Å². The quantitative estimate of drug-likeness (QED) is 0.607. The Hall–Kier alpha value is -3.81. The van der Waals surface area contributed by atoms with Crippen molar-refractivity contribution in [1.82, 2.24) is 15.1 Å². The molecular weight excluding hydrogens is 432 g/mol. The lowest BCUT2D eigenvalue weighted by Crippen LogP contribution is -2.58. The summed E-state index contributed by atoms with van der Waals surface area (Å²) >= 11 is 0. The van der Waals surface area contributed by atoms with Gasteiger partial charge in [0.1, 0.15) is 17.8 Å². The minimum absolute atomic E-state index is 0.00861. The van der Waals surface area contributed by atoms with E-state index in [1.165, 1.54) is 0 Å². The zero-order chi connectivity index (χ0) is 24.0. The van der Waals surface area contributed by atoms with Crippen molar-refractivity contribution in [3.05, 3.63) is 73.3 Å². The third kappa shape index (κ3) is 4.90. The van der Waals surface area contributed by atoms with Crippen LogP contribution in [0.1, 0.15) is 12.8 Å². The number of nitrogens with one attached hydrogen (secondary N) is 1. The molecule has 0 aliphatic carbocycles. The van der Waals surface area contributed by atoms with Gasteiger partial charge < -0.3 is 24.8 Å². The molecule has 2 aliphatic heterocycles. The standard InChI is InChI=1S/C26H30N4O4/c1-2-15-27-23(31)18-29-20-30(21-9-5-3-6-10-21)26(25(29)33)13-16-28(17-14-26)24(32)19-34-22-11-7-4-8-12-22/h2-12H,1,13-20H2,(H,27,31). The van der Waals surface area contributed by atoms with E-state index in [0.29, 0.717) is 44.9 Å². The molecule has 2 aromatic carbocycles. The third-order valence-electron chi connectivity index (χ3n) is 6.41. The molecule has 0 radical (unpaired) electrons. The summed E-state index contributed by atoms with van der Waals surface area (Å²) < 4.78 is 5.61. The topological polar surface area (TPSA) is 82.2 Å². The molecule has 0 saturated carbocycles. The fraction of sp³-hybridized carbons (Fsp3) is 0.346. The van der Waals surface area contributed by atoms with Gasteiger partial charge in [-0.1, -0.05) is 42.5 Å².